The van der Waals surface area contributed by atoms with Gasteiger partial charge in [0.2, 0.25) is 0 Å². The molecule has 1 aliphatic carbocycles. The molecular formula is C15H13BrClN3S. The number of aromatic nitrogens is 3. The Kier molecular flexibility index (Phi) is 3.52. The van der Waals surface area contributed by atoms with Gasteiger partial charge in [-0.3, -0.25) is 0 Å². The van der Waals surface area contributed by atoms with E-state index < -0.39 is 0 Å². The van der Waals surface area contributed by atoms with Gasteiger partial charge in [0.15, 0.2) is 5.65 Å². The third-order valence-electron chi connectivity index (χ3n) is 4.02. The van der Waals surface area contributed by atoms with Gasteiger partial charge in [-0.1, -0.05) is 0 Å². The maximum atomic E-state index is 6.14. The largest absolute Gasteiger partial charge is 0.304 e. The normalized spacial score (nSPS) is 18.1. The first-order chi connectivity index (χ1) is 10.3. The Morgan fingerprint density at radius 2 is 2.38 bits per heavy atom. The summed E-state index contributed by atoms with van der Waals surface area (Å²) < 4.78 is 3.18. The summed E-state index contributed by atoms with van der Waals surface area (Å²) in [5.41, 5.74) is 3.25. The van der Waals surface area contributed by atoms with Crippen LogP contribution in [0.25, 0.3) is 11.2 Å². The summed E-state index contributed by atoms with van der Waals surface area (Å²) >= 11 is 11.5. The SMILES string of the molecule is ClCc1nc2cc(Br)cnc2n1C1CCCc2sccc21. The van der Waals surface area contributed by atoms with Crippen LogP contribution in [0.4, 0.5) is 0 Å². The summed E-state index contributed by atoms with van der Waals surface area (Å²) in [6.45, 7) is 0. The Balaban J connectivity index is 1.95. The molecule has 1 unspecified atom stereocenters. The van der Waals surface area contributed by atoms with Gasteiger partial charge in [0.05, 0.1) is 11.9 Å². The molecule has 3 heterocycles. The molecule has 108 valence electrons. The van der Waals surface area contributed by atoms with Crippen molar-refractivity contribution in [3.63, 3.8) is 0 Å². The van der Waals surface area contributed by atoms with Crippen LogP contribution in [0.15, 0.2) is 28.2 Å². The second-order valence-corrected chi connectivity index (χ2v) is 7.42. The van der Waals surface area contributed by atoms with Crippen molar-refractivity contribution in [3.05, 3.63) is 44.4 Å². The van der Waals surface area contributed by atoms with E-state index in [1.54, 1.807) is 0 Å². The number of hydrogen-bond acceptors (Lipinski definition) is 3. The molecule has 0 aliphatic heterocycles. The number of halogens is 2. The zero-order chi connectivity index (χ0) is 14.4. The first-order valence-corrected chi connectivity index (χ1v) is 9.13. The molecule has 0 N–H and O–H groups in total. The highest BCUT2D eigenvalue weighted by atomic mass is 79.9. The minimum atomic E-state index is 0.312. The lowest BCUT2D eigenvalue weighted by Crippen LogP contribution is -2.17. The monoisotopic (exact) mass is 381 g/mol. The van der Waals surface area contributed by atoms with E-state index in [0.29, 0.717) is 11.9 Å². The van der Waals surface area contributed by atoms with Gasteiger partial charge in [-0.25, -0.2) is 9.97 Å². The quantitative estimate of drug-likeness (QED) is 0.589. The lowest BCUT2D eigenvalue weighted by atomic mass is 9.93. The highest BCUT2D eigenvalue weighted by molar-refractivity contribution is 9.10. The smallest absolute Gasteiger partial charge is 0.160 e. The summed E-state index contributed by atoms with van der Waals surface area (Å²) in [4.78, 5) is 10.7. The van der Waals surface area contributed by atoms with Crippen LogP contribution in [0.5, 0.6) is 0 Å². The van der Waals surface area contributed by atoms with Crippen molar-refractivity contribution in [1.29, 1.82) is 0 Å². The fourth-order valence-corrected chi connectivity index (χ4v) is 4.65. The molecule has 0 radical (unpaired) electrons. The van der Waals surface area contributed by atoms with Crippen LogP contribution in [-0.4, -0.2) is 14.5 Å². The van der Waals surface area contributed by atoms with Crippen molar-refractivity contribution >= 4 is 50.0 Å². The Labute approximate surface area is 140 Å². The Hall–Kier alpha value is -0.910. The first-order valence-electron chi connectivity index (χ1n) is 6.92. The molecule has 0 spiro atoms. The van der Waals surface area contributed by atoms with Crippen LogP contribution < -0.4 is 0 Å². The van der Waals surface area contributed by atoms with E-state index in [-0.39, 0.29) is 0 Å². The number of thiophene rings is 1. The molecule has 3 aromatic rings. The average Bonchev–Trinajstić information content (AvgIpc) is 3.09. The summed E-state index contributed by atoms with van der Waals surface area (Å²) in [5.74, 6) is 1.31. The van der Waals surface area contributed by atoms with Crippen LogP contribution in [0, 0.1) is 0 Å². The number of nitrogens with zero attached hydrogens (tertiary/aromatic N) is 3. The molecule has 0 saturated carbocycles. The van der Waals surface area contributed by atoms with Crippen molar-refractivity contribution in [2.45, 2.75) is 31.2 Å². The Bertz CT molecular complexity index is 810. The molecule has 1 aliphatic rings. The predicted molar refractivity (Wildman–Crippen MR) is 90.2 cm³/mol. The zero-order valence-electron chi connectivity index (χ0n) is 11.2. The molecule has 0 saturated heterocycles. The Morgan fingerprint density at radius 1 is 1.48 bits per heavy atom. The van der Waals surface area contributed by atoms with E-state index >= 15 is 0 Å². The molecular weight excluding hydrogens is 370 g/mol. The molecule has 4 rings (SSSR count). The Morgan fingerprint density at radius 3 is 3.24 bits per heavy atom. The van der Waals surface area contributed by atoms with Gasteiger partial charge in [0, 0.05) is 15.5 Å². The van der Waals surface area contributed by atoms with Gasteiger partial charge >= 0.3 is 0 Å². The average molecular weight is 383 g/mol. The molecule has 0 bridgehead atoms. The van der Waals surface area contributed by atoms with Crippen LogP contribution in [0.1, 0.15) is 35.1 Å². The third-order valence-corrected chi connectivity index (χ3v) is 5.69. The number of pyridine rings is 1. The van der Waals surface area contributed by atoms with Gasteiger partial charge in [-0.05, 0) is 58.3 Å². The van der Waals surface area contributed by atoms with Crippen molar-refractivity contribution in [2.24, 2.45) is 0 Å². The summed E-state index contributed by atoms with van der Waals surface area (Å²) in [5, 5.41) is 2.19. The predicted octanol–water partition coefficient (Wildman–Crippen LogP) is 4.92. The molecule has 0 amide bonds. The molecule has 3 aromatic heterocycles. The van der Waals surface area contributed by atoms with Crippen LogP contribution in [-0.2, 0) is 12.3 Å². The highest BCUT2D eigenvalue weighted by Gasteiger charge is 2.26. The van der Waals surface area contributed by atoms with Gasteiger partial charge in [0.1, 0.15) is 11.3 Å². The lowest BCUT2D eigenvalue weighted by molar-refractivity contribution is 0.492. The number of hydrogen-bond donors (Lipinski definition) is 0. The maximum absolute atomic E-state index is 6.14. The zero-order valence-corrected chi connectivity index (χ0v) is 14.4. The minimum Gasteiger partial charge on any atom is -0.304 e. The number of aryl methyl sites for hydroxylation is 1. The van der Waals surface area contributed by atoms with Crippen molar-refractivity contribution < 1.29 is 0 Å². The number of alkyl halides is 1. The van der Waals surface area contributed by atoms with Crippen molar-refractivity contribution in [2.75, 3.05) is 0 Å². The molecule has 1 atom stereocenters. The highest BCUT2D eigenvalue weighted by Crippen LogP contribution is 2.38. The number of rotatable bonds is 2. The fraction of sp³-hybridized carbons (Fsp3) is 0.333. The van der Waals surface area contributed by atoms with E-state index in [2.05, 4.69) is 41.9 Å². The first kappa shape index (κ1) is 13.7. The number of imidazole rings is 1. The van der Waals surface area contributed by atoms with Crippen molar-refractivity contribution in [1.82, 2.24) is 14.5 Å². The summed E-state index contributed by atoms with van der Waals surface area (Å²) in [6.07, 6.45) is 5.34. The van der Waals surface area contributed by atoms with Gasteiger partial charge in [-0.15, -0.1) is 22.9 Å². The topological polar surface area (TPSA) is 30.7 Å². The van der Waals surface area contributed by atoms with Crippen molar-refractivity contribution in [3.8, 4) is 0 Å². The van der Waals surface area contributed by atoms with E-state index in [4.69, 9.17) is 11.6 Å². The second kappa shape index (κ2) is 5.38. The minimum absolute atomic E-state index is 0.312. The van der Waals surface area contributed by atoms with Gasteiger partial charge in [-0.2, -0.15) is 0 Å². The van der Waals surface area contributed by atoms with E-state index in [1.807, 2.05) is 23.6 Å². The molecule has 6 heteroatoms. The standard InChI is InChI=1S/C15H13BrClN3S/c16-9-6-11-15(18-8-9)20(14(7-17)19-11)12-2-1-3-13-10(12)4-5-21-13/h4-6,8,12H,1-3,7H2. The number of fused-ring (bicyclic) bond motifs is 2. The van der Waals surface area contributed by atoms with E-state index in [1.165, 1.54) is 23.3 Å². The molecule has 0 fully saturated rings. The molecule has 3 nitrogen and oxygen atoms in total. The summed E-state index contributed by atoms with van der Waals surface area (Å²) in [7, 11) is 0. The van der Waals surface area contributed by atoms with Crippen LogP contribution >= 0.6 is 38.9 Å². The van der Waals surface area contributed by atoms with Crippen LogP contribution in [0.2, 0.25) is 0 Å². The van der Waals surface area contributed by atoms with E-state index in [9.17, 15) is 0 Å². The molecule has 21 heavy (non-hydrogen) atoms. The second-order valence-electron chi connectivity index (χ2n) is 5.24. The molecule has 0 aromatic carbocycles. The van der Waals surface area contributed by atoms with Gasteiger partial charge in [0.25, 0.3) is 0 Å². The van der Waals surface area contributed by atoms with Gasteiger partial charge < -0.3 is 4.57 Å². The van der Waals surface area contributed by atoms with E-state index in [0.717, 1.165) is 27.9 Å². The summed E-state index contributed by atoms with van der Waals surface area (Å²) in [6, 6.07) is 4.56. The maximum Gasteiger partial charge on any atom is 0.160 e. The fourth-order valence-electron chi connectivity index (χ4n) is 3.16. The third kappa shape index (κ3) is 2.22. The van der Waals surface area contributed by atoms with Crippen LogP contribution in [0.3, 0.4) is 0 Å². The lowest BCUT2D eigenvalue weighted by Gasteiger charge is -2.25.